The lowest BCUT2D eigenvalue weighted by Crippen LogP contribution is -2.51. The molecule has 1 aromatic carbocycles. The monoisotopic (exact) mass is 342 g/mol. The zero-order valence-electron chi connectivity index (χ0n) is 12.4. The van der Waals surface area contributed by atoms with Crippen molar-refractivity contribution in [2.45, 2.75) is 0 Å². The third kappa shape index (κ3) is 3.11. The molecule has 2 aromatic rings. The highest BCUT2D eigenvalue weighted by atomic mass is 16.4. The van der Waals surface area contributed by atoms with Crippen LogP contribution in [0, 0.1) is 0 Å². The van der Waals surface area contributed by atoms with Crippen LogP contribution in [-0.2, 0) is 9.59 Å². The van der Waals surface area contributed by atoms with Crippen molar-refractivity contribution in [1.29, 1.82) is 0 Å². The number of carbonyl (C=O) groups is 4. The van der Waals surface area contributed by atoms with E-state index >= 15 is 0 Å². The molecule has 9 heteroatoms. The molecule has 1 aliphatic rings. The normalized spacial score (nSPS) is 14.1. The van der Waals surface area contributed by atoms with Crippen LogP contribution >= 0.6 is 0 Å². The summed E-state index contributed by atoms with van der Waals surface area (Å²) in [7, 11) is 0. The van der Waals surface area contributed by atoms with Crippen molar-refractivity contribution in [3.05, 3.63) is 47.2 Å². The van der Waals surface area contributed by atoms with Crippen molar-refractivity contribution >= 4 is 29.9 Å². The maximum Gasteiger partial charge on any atom is 0.339 e. The molecule has 9 nitrogen and oxygen atoms in total. The molecule has 4 N–H and O–H groups in total. The SMILES string of the molecule is O=C1NC(=O)C(=Cc2ccc(-c3ccc(C(=O)O)c(O)c3)o2)C(=O)N1. The molecule has 1 aromatic heterocycles. The summed E-state index contributed by atoms with van der Waals surface area (Å²) < 4.78 is 5.47. The van der Waals surface area contributed by atoms with Crippen LogP contribution in [0.4, 0.5) is 4.79 Å². The quantitative estimate of drug-likeness (QED) is 0.482. The minimum atomic E-state index is -1.27. The Kier molecular flexibility index (Phi) is 3.82. The number of benzene rings is 1. The first-order valence-corrected chi connectivity index (χ1v) is 6.90. The van der Waals surface area contributed by atoms with Crippen molar-refractivity contribution in [3.8, 4) is 17.1 Å². The van der Waals surface area contributed by atoms with E-state index in [0.717, 1.165) is 6.08 Å². The molecule has 1 aliphatic heterocycles. The molecule has 126 valence electrons. The Labute approximate surface area is 139 Å². The highest BCUT2D eigenvalue weighted by Crippen LogP contribution is 2.28. The van der Waals surface area contributed by atoms with Gasteiger partial charge in [-0.25, -0.2) is 9.59 Å². The lowest BCUT2D eigenvalue weighted by molar-refractivity contribution is -0.123. The number of urea groups is 1. The minimum Gasteiger partial charge on any atom is -0.507 e. The van der Waals surface area contributed by atoms with Crippen molar-refractivity contribution in [2.24, 2.45) is 0 Å². The number of amides is 4. The molecule has 4 amide bonds. The Hall–Kier alpha value is -3.88. The van der Waals surface area contributed by atoms with Crippen molar-refractivity contribution in [3.63, 3.8) is 0 Å². The maximum absolute atomic E-state index is 11.7. The molecule has 0 radical (unpaired) electrons. The molecule has 0 saturated carbocycles. The van der Waals surface area contributed by atoms with Crippen LogP contribution in [0.2, 0.25) is 0 Å². The number of barbiturate groups is 1. The number of phenols is 1. The van der Waals surface area contributed by atoms with Gasteiger partial charge in [0, 0.05) is 5.56 Å². The largest absolute Gasteiger partial charge is 0.507 e. The summed E-state index contributed by atoms with van der Waals surface area (Å²) in [5, 5.41) is 22.5. The van der Waals surface area contributed by atoms with Gasteiger partial charge in [0.1, 0.15) is 28.4 Å². The van der Waals surface area contributed by atoms with Crippen LogP contribution in [0.25, 0.3) is 17.4 Å². The zero-order valence-corrected chi connectivity index (χ0v) is 12.4. The predicted molar refractivity (Wildman–Crippen MR) is 82.4 cm³/mol. The first kappa shape index (κ1) is 16.0. The van der Waals surface area contributed by atoms with Crippen LogP contribution < -0.4 is 10.6 Å². The summed E-state index contributed by atoms with van der Waals surface area (Å²) in [5.74, 6) is -2.95. The van der Waals surface area contributed by atoms with Crippen LogP contribution in [0.5, 0.6) is 5.75 Å². The summed E-state index contributed by atoms with van der Waals surface area (Å²) >= 11 is 0. The second kappa shape index (κ2) is 5.96. The van der Waals surface area contributed by atoms with Gasteiger partial charge >= 0.3 is 12.0 Å². The molecular formula is C16H10N2O7. The molecule has 2 heterocycles. The standard InChI is InChI=1S/C16H10N2O7/c19-11-5-7(1-3-9(11)15(22)23)12-4-2-8(25-12)6-10-13(20)17-16(24)18-14(10)21/h1-6,19H,(H,22,23)(H2,17,18,20,21,24). The summed E-state index contributed by atoms with van der Waals surface area (Å²) in [5.41, 5.74) is -0.151. The Balaban J connectivity index is 1.90. The van der Waals surface area contributed by atoms with Crippen molar-refractivity contribution in [2.75, 3.05) is 0 Å². The number of nitrogens with one attached hydrogen (secondary N) is 2. The fraction of sp³-hybridized carbons (Fsp3) is 0. The molecule has 0 unspecified atom stereocenters. The number of carboxylic acids is 1. The van der Waals surface area contributed by atoms with Crippen molar-refractivity contribution < 1.29 is 33.8 Å². The molecular weight excluding hydrogens is 332 g/mol. The summed E-state index contributed by atoms with van der Waals surface area (Å²) in [6.07, 6.45) is 1.16. The van der Waals surface area contributed by atoms with Gasteiger partial charge in [-0.05, 0) is 30.3 Å². The van der Waals surface area contributed by atoms with Crippen LogP contribution in [0.1, 0.15) is 16.1 Å². The lowest BCUT2D eigenvalue weighted by atomic mass is 10.1. The van der Waals surface area contributed by atoms with Gasteiger partial charge in [0.25, 0.3) is 11.8 Å². The van der Waals surface area contributed by atoms with Gasteiger partial charge in [-0.3, -0.25) is 20.2 Å². The molecule has 25 heavy (non-hydrogen) atoms. The van der Waals surface area contributed by atoms with E-state index in [1.165, 1.54) is 30.3 Å². The molecule has 0 bridgehead atoms. The van der Waals surface area contributed by atoms with Crippen molar-refractivity contribution in [1.82, 2.24) is 10.6 Å². The minimum absolute atomic E-state index is 0.159. The number of hydrogen-bond acceptors (Lipinski definition) is 6. The van der Waals surface area contributed by atoms with E-state index < -0.39 is 29.6 Å². The first-order valence-electron chi connectivity index (χ1n) is 6.90. The maximum atomic E-state index is 11.7. The third-order valence-corrected chi connectivity index (χ3v) is 3.37. The van der Waals surface area contributed by atoms with Gasteiger partial charge in [0.15, 0.2) is 0 Å². The number of furan rings is 1. The lowest BCUT2D eigenvalue weighted by Gasteiger charge is -2.13. The molecule has 0 aliphatic carbocycles. The average Bonchev–Trinajstić information content (AvgIpc) is 2.99. The topological polar surface area (TPSA) is 146 Å². The van der Waals surface area contributed by atoms with Gasteiger partial charge in [0.2, 0.25) is 0 Å². The highest BCUT2D eigenvalue weighted by molar-refractivity contribution is 6.31. The van der Waals surface area contributed by atoms with Crippen LogP contribution in [-0.4, -0.2) is 34.0 Å². The first-order chi connectivity index (χ1) is 11.8. The number of carbonyl (C=O) groups excluding carboxylic acids is 3. The summed E-state index contributed by atoms with van der Waals surface area (Å²) in [6, 6.07) is 5.98. The summed E-state index contributed by atoms with van der Waals surface area (Å²) in [4.78, 5) is 45.2. The van der Waals surface area contributed by atoms with Gasteiger partial charge < -0.3 is 14.6 Å². The third-order valence-electron chi connectivity index (χ3n) is 3.37. The second-order valence-electron chi connectivity index (χ2n) is 5.03. The van der Waals surface area contributed by atoms with Crippen LogP contribution in [0.15, 0.2) is 40.3 Å². The van der Waals surface area contributed by atoms with E-state index in [1.54, 1.807) is 0 Å². The van der Waals surface area contributed by atoms with Gasteiger partial charge in [0.05, 0.1) is 0 Å². The van der Waals surface area contributed by atoms with Gasteiger partial charge in [-0.2, -0.15) is 0 Å². The predicted octanol–water partition coefficient (Wildman–Crippen LogP) is 1.10. The molecule has 1 saturated heterocycles. The second-order valence-corrected chi connectivity index (χ2v) is 5.03. The van der Waals surface area contributed by atoms with Gasteiger partial charge in [-0.1, -0.05) is 6.07 Å². The molecule has 3 rings (SSSR count). The van der Waals surface area contributed by atoms with E-state index in [9.17, 15) is 24.3 Å². The Bertz CT molecular complexity index is 933. The number of rotatable bonds is 3. The average molecular weight is 342 g/mol. The molecule has 0 spiro atoms. The van der Waals surface area contributed by atoms with E-state index in [0.29, 0.717) is 5.56 Å². The molecule has 1 fully saturated rings. The smallest absolute Gasteiger partial charge is 0.339 e. The van der Waals surface area contributed by atoms with E-state index in [2.05, 4.69) is 0 Å². The van der Waals surface area contributed by atoms with E-state index in [4.69, 9.17) is 9.52 Å². The fourth-order valence-corrected chi connectivity index (χ4v) is 2.20. The number of aromatic carboxylic acids is 1. The Morgan fingerprint density at radius 2 is 1.72 bits per heavy atom. The molecule has 0 atom stereocenters. The Morgan fingerprint density at radius 1 is 1.04 bits per heavy atom. The van der Waals surface area contributed by atoms with E-state index in [-0.39, 0.29) is 22.7 Å². The number of imide groups is 2. The van der Waals surface area contributed by atoms with E-state index in [1.807, 2.05) is 10.6 Å². The number of hydrogen-bond donors (Lipinski definition) is 4. The fourth-order valence-electron chi connectivity index (χ4n) is 2.20. The highest BCUT2D eigenvalue weighted by Gasteiger charge is 2.28. The number of aromatic hydroxyl groups is 1. The van der Waals surface area contributed by atoms with Gasteiger partial charge in [-0.15, -0.1) is 0 Å². The number of carboxylic acid groups (broad SMARTS) is 1. The van der Waals surface area contributed by atoms with Crippen LogP contribution in [0.3, 0.4) is 0 Å². The Morgan fingerprint density at radius 3 is 2.32 bits per heavy atom. The zero-order chi connectivity index (χ0) is 18.1. The summed E-state index contributed by atoms with van der Waals surface area (Å²) in [6.45, 7) is 0.